The van der Waals surface area contributed by atoms with Crippen LogP contribution in [0.25, 0.3) is 0 Å². The molecule has 4 heteroatoms. The number of hydrogen-bond donors (Lipinski definition) is 3. The normalized spacial score (nSPS) is 13.7. The molecule has 0 aromatic carbocycles. The van der Waals surface area contributed by atoms with Gasteiger partial charge in [0, 0.05) is 6.42 Å². The van der Waals surface area contributed by atoms with Crippen molar-refractivity contribution in [2.24, 2.45) is 0 Å². The minimum absolute atomic E-state index is 0.0926. The van der Waals surface area contributed by atoms with Crippen LogP contribution in [0.5, 0.6) is 0 Å². The van der Waals surface area contributed by atoms with E-state index in [4.69, 9.17) is 0 Å². The summed E-state index contributed by atoms with van der Waals surface area (Å²) in [5.74, 6) is -0.0926. The minimum atomic E-state index is -0.879. The molecule has 4 nitrogen and oxygen atoms in total. The zero-order chi connectivity index (χ0) is 38.6. The largest absolute Gasteiger partial charge is 0.394 e. The van der Waals surface area contributed by atoms with Gasteiger partial charge in [0.2, 0.25) is 5.91 Å². The van der Waals surface area contributed by atoms with Crippen molar-refractivity contribution in [2.75, 3.05) is 6.61 Å². The molecule has 2 atom stereocenters. The van der Waals surface area contributed by atoms with Crippen LogP contribution in [0.1, 0.15) is 213 Å². The first-order valence-electron chi connectivity index (χ1n) is 22.7. The van der Waals surface area contributed by atoms with Gasteiger partial charge in [-0.3, -0.25) is 4.79 Å². The van der Waals surface area contributed by atoms with Gasteiger partial charge >= 0.3 is 0 Å². The van der Waals surface area contributed by atoms with Gasteiger partial charge in [-0.2, -0.15) is 0 Å². The third-order valence-electron chi connectivity index (χ3n) is 9.89. The van der Waals surface area contributed by atoms with E-state index in [1.54, 1.807) is 6.08 Å². The second kappa shape index (κ2) is 44.2. The third-order valence-corrected chi connectivity index (χ3v) is 9.89. The van der Waals surface area contributed by atoms with Crippen LogP contribution >= 0.6 is 0 Å². The van der Waals surface area contributed by atoms with Gasteiger partial charge in [0.1, 0.15) is 0 Å². The number of nitrogens with one attached hydrogen (secondary N) is 1. The molecule has 0 heterocycles. The van der Waals surface area contributed by atoms with Crippen molar-refractivity contribution in [3.05, 3.63) is 72.9 Å². The smallest absolute Gasteiger partial charge is 0.220 e. The summed E-state index contributed by atoms with van der Waals surface area (Å²) in [4.78, 5) is 12.4. The molecule has 0 aliphatic rings. The number of unbranched alkanes of at least 4 members (excludes halogenated alkanes) is 23. The molecular formula is C49H87NO3. The third kappa shape index (κ3) is 40.8. The second-order valence-electron chi connectivity index (χ2n) is 15.1. The fourth-order valence-electron chi connectivity index (χ4n) is 6.39. The zero-order valence-electron chi connectivity index (χ0n) is 35.0. The van der Waals surface area contributed by atoms with Crippen molar-refractivity contribution in [3.63, 3.8) is 0 Å². The first-order valence-corrected chi connectivity index (χ1v) is 22.7. The average molecular weight is 738 g/mol. The van der Waals surface area contributed by atoms with Crippen molar-refractivity contribution in [1.82, 2.24) is 5.32 Å². The summed E-state index contributed by atoms with van der Waals surface area (Å²) >= 11 is 0. The molecule has 53 heavy (non-hydrogen) atoms. The number of hydrogen-bond acceptors (Lipinski definition) is 3. The van der Waals surface area contributed by atoms with E-state index in [2.05, 4.69) is 79.9 Å². The quantitative estimate of drug-likeness (QED) is 0.0433. The highest BCUT2D eigenvalue weighted by atomic mass is 16.3. The van der Waals surface area contributed by atoms with Gasteiger partial charge in [-0.25, -0.2) is 0 Å². The molecule has 0 spiro atoms. The lowest BCUT2D eigenvalue weighted by atomic mass is 10.1. The molecule has 0 aliphatic carbocycles. The predicted octanol–water partition coefficient (Wildman–Crippen LogP) is 14.3. The summed E-state index contributed by atoms with van der Waals surface area (Å²) in [5, 5.41) is 23.0. The van der Waals surface area contributed by atoms with Crippen molar-refractivity contribution in [3.8, 4) is 0 Å². The molecule has 0 saturated carbocycles. The summed E-state index contributed by atoms with van der Waals surface area (Å²) < 4.78 is 0. The van der Waals surface area contributed by atoms with E-state index in [-0.39, 0.29) is 12.5 Å². The van der Waals surface area contributed by atoms with Gasteiger partial charge in [-0.15, -0.1) is 0 Å². The first kappa shape index (κ1) is 50.8. The summed E-state index contributed by atoms with van der Waals surface area (Å²) in [6.45, 7) is 4.27. The number of amides is 1. The molecule has 0 aromatic heterocycles. The molecule has 0 rings (SSSR count). The zero-order valence-corrected chi connectivity index (χ0v) is 35.0. The maximum absolute atomic E-state index is 12.4. The van der Waals surface area contributed by atoms with Gasteiger partial charge in [0.05, 0.1) is 18.8 Å². The molecule has 0 aromatic rings. The van der Waals surface area contributed by atoms with Crippen LogP contribution in [0, 0.1) is 0 Å². The Morgan fingerprint density at radius 2 is 0.792 bits per heavy atom. The Morgan fingerprint density at radius 1 is 0.453 bits per heavy atom. The lowest BCUT2D eigenvalue weighted by Gasteiger charge is -2.19. The van der Waals surface area contributed by atoms with Crippen molar-refractivity contribution >= 4 is 5.91 Å². The highest BCUT2D eigenvalue weighted by Gasteiger charge is 2.17. The number of allylic oxidation sites excluding steroid dienone is 11. The summed E-state index contributed by atoms with van der Waals surface area (Å²) in [6, 6.07) is -0.656. The predicted molar refractivity (Wildman–Crippen MR) is 234 cm³/mol. The topological polar surface area (TPSA) is 69.6 Å². The molecule has 0 radical (unpaired) electrons. The molecule has 0 aliphatic heterocycles. The van der Waals surface area contributed by atoms with Gasteiger partial charge in [-0.05, 0) is 83.5 Å². The monoisotopic (exact) mass is 738 g/mol. The number of rotatable bonds is 40. The Labute approximate surface area is 329 Å². The van der Waals surface area contributed by atoms with Gasteiger partial charge in [-0.1, -0.05) is 196 Å². The van der Waals surface area contributed by atoms with Crippen molar-refractivity contribution < 1.29 is 15.0 Å². The number of carbonyl (C=O) groups is 1. The number of aliphatic hydroxyl groups excluding tert-OH is 2. The molecule has 2 unspecified atom stereocenters. The van der Waals surface area contributed by atoms with Crippen LogP contribution in [-0.4, -0.2) is 34.9 Å². The molecule has 1 amide bonds. The lowest BCUT2D eigenvalue weighted by molar-refractivity contribution is -0.123. The molecule has 0 bridgehead atoms. The van der Waals surface area contributed by atoms with Crippen LogP contribution < -0.4 is 5.32 Å². The molecule has 0 fully saturated rings. The standard InChI is InChI=1S/C49H87NO3/c1-3-5-7-9-11-13-15-17-19-21-23-25-27-29-31-33-35-37-39-41-43-45-49(53)50-47(46-51)48(52)44-42-40-38-36-34-32-30-28-26-24-22-20-18-16-14-12-10-8-6-4-2/h15,17,21,23,26-29,34,36,42,44,47-48,51-52H,3-14,16,18-20,22,24-25,30-33,35,37-41,43,45-46H2,1-2H3,(H,50,53)/b17-15-,23-21-,28-26+,29-27-,36-34+,44-42+. The highest BCUT2D eigenvalue weighted by molar-refractivity contribution is 5.76. The Bertz CT molecular complexity index is 930. The van der Waals surface area contributed by atoms with Crippen LogP contribution in [0.3, 0.4) is 0 Å². The average Bonchev–Trinajstić information content (AvgIpc) is 3.16. The molecule has 306 valence electrons. The second-order valence-corrected chi connectivity index (χ2v) is 15.1. The SMILES string of the molecule is CCCCCCC/C=C\C/C=C\C/C=C\CCCCCCCCC(=O)NC(CO)C(O)/C=C/CC/C=C/CC/C=C/CCCCCCCCCCCC. The van der Waals surface area contributed by atoms with Crippen LogP contribution in [0.4, 0.5) is 0 Å². The summed E-state index contributed by atoms with van der Waals surface area (Å²) in [7, 11) is 0. The van der Waals surface area contributed by atoms with E-state index in [1.165, 1.54) is 128 Å². The van der Waals surface area contributed by atoms with Gasteiger partial charge in [0.25, 0.3) is 0 Å². The summed E-state index contributed by atoms with van der Waals surface area (Å²) in [6.07, 6.45) is 62.9. The van der Waals surface area contributed by atoms with Crippen LogP contribution in [0.15, 0.2) is 72.9 Å². The van der Waals surface area contributed by atoms with E-state index in [0.717, 1.165) is 64.2 Å². The Kier molecular flexibility index (Phi) is 42.4. The Balaban J connectivity index is 3.70. The minimum Gasteiger partial charge on any atom is -0.394 e. The van der Waals surface area contributed by atoms with E-state index < -0.39 is 12.1 Å². The van der Waals surface area contributed by atoms with E-state index in [1.807, 2.05) is 6.08 Å². The van der Waals surface area contributed by atoms with E-state index in [0.29, 0.717) is 6.42 Å². The lowest BCUT2D eigenvalue weighted by Crippen LogP contribution is -2.45. The first-order chi connectivity index (χ1) is 26.2. The fraction of sp³-hybridized carbons (Fsp3) is 0.735. The Hall–Kier alpha value is -2.17. The summed E-state index contributed by atoms with van der Waals surface area (Å²) in [5.41, 5.74) is 0. The Morgan fingerprint density at radius 3 is 1.23 bits per heavy atom. The maximum atomic E-state index is 12.4. The van der Waals surface area contributed by atoms with Gasteiger partial charge in [0.15, 0.2) is 0 Å². The molecular weight excluding hydrogens is 651 g/mol. The van der Waals surface area contributed by atoms with Crippen LogP contribution in [-0.2, 0) is 4.79 Å². The maximum Gasteiger partial charge on any atom is 0.220 e. The number of carbonyl (C=O) groups excluding carboxylic acids is 1. The van der Waals surface area contributed by atoms with E-state index >= 15 is 0 Å². The van der Waals surface area contributed by atoms with Crippen LogP contribution in [0.2, 0.25) is 0 Å². The molecule has 0 saturated heterocycles. The van der Waals surface area contributed by atoms with E-state index in [9.17, 15) is 15.0 Å². The molecule has 3 N–H and O–H groups in total. The number of aliphatic hydroxyl groups is 2. The van der Waals surface area contributed by atoms with Crippen molar-refractivity contribution in [2.45, 2.75) is 225 Å². The fourth-order valence-corrected chi connectivity index (χ4v) is 6.39. The van der Waals surface area contributed by atoms with Gasteiger partial charge < -0.3 is 15.5 Å². The van der Waals surface area contributed by atoms with Crippen molar-refractivity contribution in [1.29, 1.82) is 0 Å². The highest BCUT2D eigenvalue weighted by Crippen LogP contribution is 2.13.